The summed E-state index contributed by atoms with van der Waals surface area (Å²) in [7, 11) is 0. The molecule has 1 aromatic rings. The highest BCUT2D eigenvalue weighted by atomic mass is 16.6. The van der Waals surface area contributed by atoms with Gasteiger partial charge in [-0.1, -0.05) is 0 Å². The van der Waals surface area contributed by atoms with Crippen molar-refractivity contribution in [1.82, 2.24) is 9.55 Å². The fraction of sp³-hybridized carbons (Fsp3) is 0.615. The Kier molecular flexibility index (Phi) is 3.24. The van der Waals surface area contributed by atoms with Crippen molar-refractivity contribution in [3.8, 4) is 0 Å². The number of imidazole rings is 1. The number of hydrogen-bond acceptors (Lipinski definition) is 4. The lowest BCUT2D eigenvalue weighted by Gasteiger charge is -2.19. The molecular weight excluding hydrogens is 232 g/mol. The third kappa shape index (κ3) is 2.97. The molecule has 1 aliphatic carbocycles. The third-order valence-electron chi connectivity index (χ3n) is 2.87. The Bertz CT molecular complexity index is 471. The van der Waals surface area contributed by atoms with E-state index in [0.717, 1.165) is 12.1 Å². The van der Waals surface area contributed by atoms with Crippen molar-refractivity contribution in [3.05, 3.63) is 18.2 Å². The first-order valence-corrected chi connectivity index (χ1v) is 6.14. The topological polar surface area (TPSA) is 61.2 Å². The van der Waals surface area contributed by atoms with Crippen molar-refractivity contribution in [3.63, 3.8) is 0 Å². The summed E-state index contributed by atoms with van der Waals surface area (Å²) in [6, 6.07) is 0. The van der Waals surface area contributed by atoms with Gasteiger partial charge >= 0.3 is 6.09 Å². The molecule has 5 nitrogen and oxygen atoms in total. The van der Waals surface area contributed by atoms with Gasteiger partial charge in [0.15, 0.2) is 0 Å². The zero-order valence-electron chi connectivity index (χ0n) is 11.0. The minimum atomic E-state index is -0.523. The van der Waals surface area contributed by atoms with Crippen LogP contribution in [0.25, 0.3) is 0 Å². The molecule has 0 saturated heterocycles. The van der Waals surface area contributed by atoms with Gasteiger partial charge in [0, 0.05) is 25.0 Å². The van der Waals surface area contributed by atoms with Crippen LogP contribution in [0.1, 0.15) is 51.6 Å². The van der Waals surface area contributed by atoms with Crippen molar-refractivity contribution >= 4 is 11.9 Å². The summed E-state index contributed by atoms with van der Waals surface area (Å²) in [5.41, 5.74) is 0.275. The van der Waals surface area contributed by atoms with Gasteiger partial charge in [-0.05, 0) is 27.2 Å². The normalized spacial score (nSPS) is 20.2. The highest BCUT2D eigenvalue weighted by Crippen LogP contribution is 2.30. The lowest BCUT2D eigenvalue weighted by atomic mass is 10.1. The maximum atomic E-state index is 11.8. The number of ether oxygens (including phenoxy) is 1. The van der Waals surface area contributed by atoms with E-state index in [1.165, 1.54) is 10.9 Å². The van der Waals surface area contributed by atoms with E-state index in [2.05, 4.69) is 4.98 Å². The number of Topliss-reactive ketones (excluding diaryl/α,β-unsaturated/α-hetero) is 1. The van der Waals surface area contributed by atoms with Gasteiger partial charge in [0.2, 0.25) is 0 Å². The summed E-state index contributed by atoms with van der Waals surface area (Å²) in [6.07, 6.45) is 4.65. The van der Waals surface area contributed by atoms with Crippen molar-refractivity contribution in [2.45, 2.75) is 51.6 Å². The van der Waals surface area contributed by atoms with Crippen LogP contribution in [0.4, 0.5) is 4.79 Å². The quantitative estimate of drug-likeness (QED) is 0.768. The Morgan fingerprint density at radius 2 is 2.22 bits per heavy atom. The molecule has 0 spiro atoms. The molecule has 1 saturated carbocycles. The zero-order valence-corrected chi connectivity index (χ0v) is 11.0. The first kappa shape index (κ1) is 12.8. The predicted octanol–water partition coefficient (Wildman–Crippen LogP) is 2.50. The first-order chi connectivity index (χ1) is 8.35. The van der Waals surface area contributed by atoms with E-state index in [9.17, 15) is 9.59 Å². The summed E-state index contributed by atoms with van der Waals surface area (Å²) < 4.78 is 6.57. The third-order valence-corrected chi connectivity index (χ3v) is 2.87. The second-order valence-corrected chi connectivity index (χ2v) is 5.66. The van der Waals surface area contributed by atoms with Gasteiger partial charge in [0.05, 0.1) is 5.69 Å². The van der Waals surface area contributed by atoms with Crippen LogP contribution >= 0.6 is 0 Å². The molecule has 0 N–H and O–H groups in total. The highest BCUT2D eigenvalue weighted by molar-refractivity contribution is 5.81. The number of nitrogens with zero attached hydrogens (tertiary/aromatic N) is 2. The number of rotatable bonds is 1. The van der Waals surface area contributed by atoms with Crippen molar-refractivity contribution < 1.29 is 14.3 Å². The van der Waals surface area contributed by atoms with E-state index in [1.807, 2.05) is 20.8 Å². The number of aromatic nitrogens is 2. The van der Waals surface area contributed by atoms with Gasteiger partial charge in [-0.15, -0.1) is 0 Å². The van der Waals surface area contributed by atoms with Crippen LogP contribution in [0.5, 0.6) is 0 Å². The van der Waals surface area contributed by atoms with Crippen molar-refractivity contribution in [2.24, 2.45) is 0 Å². The molecule has 18 heavy (non-hydrogen) atoms. The second kappa shape index (κ2) is 4.55. The molecule has 1 fully saturated rings. The van der Waals surface area contributed by atoms with Crippen molar-refractivity contribution in [2.75, 3.05) is 0 Å². The van der Waals surface area contributed by atoms with Gasteiger partial charge in [0.25, 0.3) is 0 Å². The van der Waals surface area contributed by atoms with E-state index >= 15 is 0 Å². The largest absolute Gasteiger partial charge is 0.443 e. The minimum Gasteiger partial charge on any atom is -0.443 e. The van der Waals surface area contributed by atoms with Crippen molar-refractivity contribution in [1.29, 1.82) is 0 Å². The van der Waals surface area contributed by atoms with Gasteiger partial charge in [-0.3, -0.25) is 4.79 Å². The summed E-state index contributed by atoms with van der Waals surface area (Å²) >= 11 is 0. The van der Waals surface area contributed by atoms with E-state index in [0.29, 0.717) is 12.8 Å². The lowest BCUT2D eigenvalue weighted by Crippen LogP contribution is -2.26. The fourth-order valence-electron chi connectivity index (χ4n) is 2.03. The molecule has 0 bridgehead atoms. The van der Waals surface area contributed by atoms with Crippen LogP contribution in [-0.2, 0) is 9.53 Å². The van der Waals surface area contributed by atoms with Crippen LogP contribution in [0.2, 0.25) is 0 Å². The number of carbonyl (C=O) groups excluding carboxylic acids is 2. The Labute approximate surface area is 106 Å². The van der Waals surface area contributed by atoms with Crippen LogP contribution in [-0.4, -0.2) is 27.0 Å². The molecular formula is C13H18N2O3. The van der Waals surface area contributed by atoms with E-state index < -0.39 is 11.7 Å². The van der Waals surface area contributed by atoms with Crippen LogP contribution in [0.15, 0.2) is 12.5 Å². The molecule has 0 aromatic carbocycles. The molecule has 0 amide bonds. The zero-order chi connectivity index (χ0) is 13.3. The first-order valence-electron chi connectivity index (χ1n) is 6.14. The second-order valence-electron chi connectivity index (χ2n) is 5.66. The molecule has 1 unspecified atom stereocenters. The van der Waals surface area contributed by atoms with Crippen LogP contribution in [0, 0.1) is 0 Å². The molecule has 1 aliphatic rings. The molecule has 1 heterocycles. The molecule has 1 aromatic heterocycles. The molecule has 1 atom stereocenters. The Morgan fingerprint density at radius 3 is 2.78 bits per heavy atom. The molecule has 2 rings (SSSR count). The SMILES string of the molecule is CC(C)(C)OC(=O)n1cnc(C2CCC(=O)C2)c1. The molecule has 5 heteroatoms. The van der Waals surface area contributed by atoms with Crippen LogP contribution in [0.3, 0.4) is 0 Å². The Morgan fingerprint density at radius 1 is 1.50 bits per heavy atom. The van der Waals surface area contributed by atoms with E-state index in [4.69, 9.17) is 4.74 Å². The maximum Gasteiger partial charge on any atom is 0.419 e. The Hall–Kier alpha value is -1.65. The number of ketones is 1. The average Bonchev–Trinajstić information content (AvgIpc) is 2.82. The predicted molar refractivity (Wildman–Crippen MR) is 65.5 cm³/mol. The van der Waals surface area contributed by atoms with Crippen LogP contribution < -0.4 is 0 Å². The summed E-state index contributed by atoms with van der Waals surface area (Å²) in [5, 5.41) is 0. The van der Waals surface area contributed by atoms with Gasteiger partial charge in [-0.25, -0.2) is 14.3 Å². The fourth-order valence-corrected chi connectivity index (χ4v) is 2.03. The van der Waals surface area contributed by atoms with Gasteiger partial charge in [0.1, 0.15) is 17.7 Å². The molecule has 0 radical (unpaired) electrons. The summed E-state index contributed by atoms with van der Waals surface area (Å²) in [6.45, 7) is 5.45. The lowest BCUT2D eigenvalue weighted by molar-refractivity contribution is -0.117. The summed E-state index contributed by atoms with van der Waals surface area (Å²) in [5.74, 6) is 0.424. The Balaban J connectivity index is 2.06. The van der Waals surface area contributed by atoms with E-state index in [-0.39, 0.29) is 11.7 Å². The smallest absolute Gasteiger partial charge is 0.419 e. The van der Waals surface area contributed by atoms with Gasteiger partial charge in [-0.2, -0.15) is 0 Å². The highest BCUT2D eigenvalue weighted by Gasteiger charge is 2.26. The van der Waals surface area contributed by atoms with Gasteiger partial charge < -0.3 is 4.74 Å². The maximum absolute atomic E-state index is 11.8. The number of carbonyl (C=O) groups is 2. The standard InChI is InChI=1S/C13H18N2O3/c1-13(2,3)18-12(17)15-7-11(14-8-15)9-4-5-10(16)6-9/h7-9H,4-6H2,1-3H3. The summed E-state index contributed by atoms with van der Waals surface area (Å²) in [4.78, 5) is 27.2. The van der Waals surface area contributed by atoms with E-state index in [1.54, 1.807) is 6.20 Å². The monoisotopic (exact) mass is 250 g/mol. The molecule has 98 valence electrons. The number of hydrogen-bond donors (Lipinski definition) is 0. The average molecular weight is 250 g/mol. The minimum absolute atomic E-state index is 0.154. The molecule has 0 aliphatic heterocycles.